The van der Waals surface area contributed by atoms with Gasteiger partial charge in [0.15, 0.2) is 0 Å². The van der Waals surface area contributed by atoms with Crippen LogP contribution in [0.25, 0.3) is 43.8 Å². The summed E-state index contributed by atoms with van der Waals surface area (Å²) >= 11 is -1.76. The predicted octanol–water partition coefficient (Wildman–Crippen LogP) is 10.2. The van der Waals surface area contributed by atoms with Crippen molar-refractivity contribution in [3.05, 3.63) is 133 Å². The molecule has 0 radical (unpaired) electrons. The molecular formula is C32H26Cl2Zr-2. The van der Waals surface area contributed by atoms with Crippen LogP contribution in [0.2, 0.25) is 0 Å². The number of hydrogen-bond donors (Lipinski definition) is 0. The van der Waals surface area contributed by atoms with Gasteiger partial charge < -0.3 is 0 Å². The van der Waals surface area contributed by atoms with E-state index in [0.29, 0.717) is 0 Å². The van der Waals surface area contributed by atoms with Gasteiger partial charge in [-0.25, -0.2) is 0 Å². The predicted molar refractivity (Wildman–Crippen MR) is 153 cm³/mol. The molecule has 0 N–H and O–H groups in total. The van der Waals surface area contributed by atoms with Crippen LogP contribution in [0.4, 0.5) is 0 Å². The molecule has 0 spiro atoms. The second-order valence-corrected chi connectivity index (χ2v) is 16.9. The van der Waals surface area contributed by atoms with E-state index in [1.807, 2.05) is 22.8 Å². The van der Waals surface area contributed by atoms with E-state index < -0.39 is 18.9 Å². The Morgan fingerprint density at radius 1 is 0.543 bits per heavy atom. The third-order valence-corrected chi connectivity index (χ3v) is 9.32. The molecule has 0 aliphatic rings. The quantitative estimate of drug-likeness (QED) is 0.181. The molecule has 6 aromatic rings. The standard InChI is InChI=1S/2C15H11.C2H4.2ClH.Zr/c2*1-2-6-12(7-3-1)15-10-13-8-4-5-9-14(13)11-15;1-2;;;/h2*1-11H;1H,2H3;2*1H;/q2*-1;;;;+2/p-2. The molecule has 0 atom stereocenters. The zero-order valence-electron chi connectivity index (χ0n) is 19.5. The second-order valence-electron chi connectivity index (χ2n) is 8.06. The van der Waals surface area contributed by atoms with E-state index in [2.05, 4.69) is 121 Å². The Labute approximate surface area is 222 Å². The SMILES string of the molecule is C[CH]=[Zr]([Cl])[Cl].c1ccc(-c2cc3ccccc3[cH-]2)cc1.c1ccc(-c2cc3ccccc3[cH-]2)cc1. The molecule has 0 amide bonds. The summed E-state index contributed by atoms with van der Waals surface area (Å²) in [7, 11) is 10.7. The molecule has 174 valence electrons. The van der Waals surface area contributed by atoms with Gasteiger partial charge in [-0.1, -0.05) is 108 Å². The number of benzene rings is 4. The first-order valence-electron chi connectivity index (χ1n) is 11.5. The Kier molecular flexibility index (Phi) is 9.44. The van der Waals surface area contributed by atoms with Gasteiger partial charge in [-0.3, -0.25) is 0 Å². The third-order valence-electron chi connectivity index (χ3n) is 5.67. The molecule has 0 saturated carbocycles. The molecule has 0 saturated heterocycles. The fourth-order valence-corrected chi connectivity index (χ4v) is 3.90. The molecule has 6 rings (SSSR count). The molecule has 6 aromatic carbocycles. The van der Waals surface area contributed by atoms with Crippen molar-refractivity contribution in [2.24, 2.45) is 0 Å². The average Bonchev–Trinajstić information content (AvgIpc) is 3.55. The summed E-state index contributed by atoms with van der Waals surface area (Å²) in [5.74, 6) is 0. The molecular weight excluding hydrogens is 546 g/mol. The maximum Gasteiger partial charge on any atom is -0.0635 e. The molecule has 0 aliphatic carbocycles. The fourth-order valence-electron chi connectivity index (χ4n) is 3.90. The third kappa shape index (κ3) is 7.22. The molecule has 0 fully saturated rings. The average molecular weight is 573 g/mol. The minimum Gasteiger partial charge on any atom is -0.145 e. The number of hydrogen-bond acceptors (Lipinski definition) is 0. The van der Waals surface area contributed by atoms with Crippen LogP contribution in [0.1, 0.15) is 6.92 Å². The Hall–Kier alpha value is -2.57. The van der Waals surface area contributed by atoms with Crippen molar-refractivity contribution in [1.29, 1.82) is 0 Å². The van der Waals surface area contributed by atoms with Crippen LogP contribution >= 0.6 is 17.0 Å². The Bertz CT molecular complexity index is 1330. The summed E-state index contributed by atoms with van der Waals surface area (Å²) < 4.78 is 1.89. The van der Waals surface area contributed by atoms with Gasteiger partial charge >= 0.3 is 46.5 Å². The first-order valence-corrected chi connectivity index (χ1v) is 19.3. The van der Waals surface area contributed by atoms with Crippen molar-refractivity contribution in [3.8, 4) is 22.3 Å². The zero-order chi connectivity index (χ0) is 24.5. The molecule has 0 nitrogen and oxygen atoms in total. The van der Waals surface area contributed by atoms with Crippen LogP contribution < -0.4 is 0 Å². The van der Waals surface area contributed by atoms with Crippen LogP contribution in [0.3, 0.4) is 0 Å². The molecule has 3 heteroatoms. The van der Waals surface area contributed by atoms with E-state index in [-0.39, 0.29) is 0 Å². The summed E-state index contributed by atoms with van der Waals surface area (Å²) in [5.41, 5.74) is 5.18. The zero-order valence-corrected chi connectivity index (χ0v) is 23.5. The molecule has 0 aliphatic heterocycles. The maximum atomic E-state index is 5.37. The second kappa shape index (κ2) is 12.9. The van der Waals surface area contributed by atoms with E-state index in [0.717, 1.165) is 0 Å². The van der Waals surface area contributed by atoms with Gasteiger partial charge in [-0.2, -0.15) is 0 Å². The minimum absolute atomic E-state index is 1.29. The van der Waals surface area contributed by atoms with Gasteiger partial charge in [0.2, 0.25) is 0 Å². The van der Waals surface area contributed by atoms with Crippen molar-refractivity contribution < 1.29 is 18.9 Å². The van der Waals surface area contributed by atoms with Crippen molar-refractivity contribution in [3.63, 3.8) is 0 Å². The van der Waals surface area contributed by atoms with Gasteiger partial charge in [-0.15, -0.1) is 69.1 Å². The van der Waals surface area contributed by atoms with Crippen molar-refractivity contribution in [1.82, 2.24) is 0 Å². The van der Waals surface area contributed by atoms with Gasteiger partial charge in [0.05, 0.1) is 0 Å². The van der Waals surface area contributed by atoms with Crippen LogP contribution in [-0.4, -0.2) is 3.71 Å². The topological polar surface area (TPSA) is 0 Å². The van der Waals surface area contributed by atoms with Crippen LogP contribution in [-0.2, 0) is 18.9 Å². The van der Waals surface area contributed by atoms with Gasteiger partial charge in [0.1, 0.15) is 0 Å². The van der Waals surface area contributed by atoms with E-state index >= 15 is 0 Å². The normalized spacial score (nSPS) is 10.1. The summed E-state index contributed by atoms with van der Waals surface area (Å²) in [4.78, 5) is 0. The van der Waals surface area contributed by atoms with Gasteiger partial charge in [0, 0.05) is 0 Å². The van der Waals surface area contributed by atoms with E-state index in [1.54, 1.807) is 0 Å². The van der Waals surface area contributed by atoms with Crippen molar-refractivity contribution in [2.75, 3.05) is 0 Å². The Morgan fingerprint density at radius 2 is 0.886 bits per heavy atom. The van der Waals surface area contributed by atoms with E-state index in [9.17, 15) is 0 Å². The van der Waals surface area contributed by atoms with E-state index in [4.69, 9.17) is 17.0 Å². The molecule has 0 heterocycles. The summed E-state index contributed by atoms with van der Waals surface area (Å²) in [5, 5.41) is 5.26. The monoisotopic (exact) mass is 570 g/mol. The molecule has 0 unspecified atom stereocenters. The first-order chi connectivity index (χ1) is 17.1. The van der Waals surface area contributed by atoms with Gasteiger partial charge in [-0.05, 0) is 0 Å². The molecule has 0 bridgehead atoms. The van der Waals surface area contributed by atoms with Crippen molar-refractivity contribution in [2.45, 2.75) is 6.92 Å². The van der Waals surface area contributed by atoms with Crippen LogP contribution in [0, 0.1) is 0 Å². The molecule has 35 heavy (non-hydrogen) atoms. The van der Waals surface area contributed by atoms with Crippen molar-refractivity contribution >= 4 is 42.3 Å². The van der Waals surface area contributed by atoms with Crippen LogP contribution in [0.15, 0.2) is 133 Å². The fraction of sp³-hybridized carbons (Fsp3) is 0.0312. The number of rotatable bonds is 2. The Morgan fingerprint density at radius 3 is 1.23 bits per heavy atom. The first kappa shape index (κ1) is 25.5. The number of fused-ring (bicyclic) bond motifs is 2. The molecule has 0 aromatic heterocycles. The number of halogens is 2. The maximum absolute atomic E-state index is 5.37. The largest absolute Gasteiger partial charge is 0.145 e. The summed E-state index contributed by atoms with van der Waals surface area (Å²) in [6.07, 6.45) is 0. The smallest absolute Gasteiger partial charge is 0.0635 e. The minimum atomic E-state index is -1.76. The van der Waals surface area contributed by atoms with Gasteiger partial charge in [0.25, 0.3) is 0 Å². The Balaban J connectivity index is 0.000000139. The summed E-state index contributed by atoms with van der Waals surface area (Å²) in [6.45, 7) is 1.90. The summed E-state index contributed by atoms with van der Waals surface area (Å²) in [6, 6.07) is 46.9. The van der Waals surface area contributed by atoms with Crippen LogP contribution in [0.5, 0.6) is 0 Å². The van der Waals surface area contributed by atoms with E-state index in [1.165, 1.54) is 43.8 Å².